The number of ether oxygens (including phenoxy) is 6. The van der Waals surface area contributed by atoms with E-state index in [1.54, 1.807) is 13.2 Å². The van der Waals surface area contributed by atoms with E-state index in [9.17, 15) is 9.59 Å². The summed E-state index contributed by atoms with van der Waals surface area (Å²) < 4.78 is 33.4. The van der Waals surface area contributed by atoms with Crippen molar-refractivity contribution >= 4 is 11.9 Å². The number of benzene rings is 1. The first-order chi connectivity index (χ1) is 18.5. The molecule has 8 nitrogen and oxygen atoms in total. The molecule has 0 unspecified atom stereocenters. The molecule has 1 aliphatic rings. The van der Waals surface area contributed by atoms with Gasteiger partial charge in [-0.05, 0) is 36.8 Å². The maximum atomic E-state index is 13.5. The smallest absolute Gasteiger partial charge is 0.342 e. The van der Waals surface area contributed by atoms with Gasteiger partial charge in [0, 0.05) is 33.5 Å². The van der Waals surface area contributed by atoms with E-state index in [1.165, 1.54) is 20.0 Å². The summed E-state index contributed by atoms with van der Waals surface area (Å²) in [6.45, 7) is 4.61. The van der Waals surface area contributed by atoms with E-state index in [-0.39, 0.29) is 38.2 Å². The lowest BCUT2D eigenvalue weighted by atomic mass is 9.93. The Bertz CT molecular complexity index is 853. The molecule has 0 aromatic heterocycles. The van der Waals surface area contributed by atoms with E-state index < -0.39 is 12.1 Å². The lowest BCUT2D eigenvalue weighted by molar-refractivity contribution is -0.144. The third-order valence-corrected chi connectivity index (χ3v) is 6.65. The van der Waals surface area contributed by atoms with Gasteiger partial charge in [-0.3, -0.25) is 4.79 Å². The number of carbonyl (C=O) groups excluding carboxylic acids is 2. The lowest BCUT2D eigenvalue weighted by Crippen LogP contribution is -2.32. The van der Waals surface area contributed by atoms with Gasteiger partial charge in [0.25, 0.3) is 0 Å². The molecule has 1 aromatic carbocycles. The first-order valence-corrected chi connectivity index (χ1v) is 13.9. The maximum absolute atomic E-state index is 13.5. The first-order valence-electron chi connectivity index (χ1n) is 13.9. The van der Waals surface area contributed by atoms with Gasteiger partial charge in [0.05, 0.1) is 12.7 Å². The molecule has 0 aliphatic carbocycles. The molecule has 0 saturated heterocycles. The molecule has 0 amide bonds. The fourth-order valence-corrected chi connectivity index (χ4v) is 4.46. The van der Waals surface area contributed by atoms with Crippen molar-refractivity contribution in [2.75, 3.05) is 34.4 Å². The fraction of sp³-hybridized carbons (Fsp3) is 0.667. The van der Waals surface area contributed by atoms with E-state index >= 15 is 0 Å². The molecule has 0 fully saturated rings. The van der Waals surface area contributed by atoms with Crippen LogP contribution < -0.4 is 4.74 Å². The number of cyclic esters (lactones) is 1. The Hall–Kier alpha value is -2.42. The molecule has 3 atom stereocenters. The van der Waals surface area contributed by atoms with Crippen LogP contribution in [-0.2, 0) is 34.9 Å². The number of esters is 2. The molecule has 1 heterocycles. The Morgan fingerprint density at radius 3 is 2.61 bits per heavy atom. The zero-order valence-electron chi connectivity index (χ0n) is 23.6. The summed E-state index contributed by atoms with van der Waals surface area (Å²) >= 11 is 0. The second kappa shape index (κ2) is 18.8. The van der Waals surface area contributed by atoms with Gasteiger partial charge < -0.3 is 28.4 Å². The number of methoxy groups -OCH3 is 2. The summed E-state index contributed by atoms with van der Waals surface area (Å²) in [6.07, 6.45) is 11.4. The molecule has 38 heavy (non-hydrogen) atoms. The number of allylic oxidation sites excluding steroid dienone is 2. The largest absolute Gasteiger partial charge is 0.467 e. The summed E-state index contributed by atoms with van der Waals surface area (Å²) in [7, 11) is 3.11. The summed E-state index contributed by atoms with van der Waals surface area (Å²) in [5.74, 6) is -0.115. The molecular weight excluding hydrogens is 488 g/mol. The summed E-state index contributed by atoms with van der Waals surface area (Å²) in [5, 5.41) is 0. The third-order valence-electron chi connectivity index (χ3n) is 6.65. The van der Waals surface area contributed by atoms with Crippen LogP contribution in [0.15, 0.2) is 30.4 Å². The molecule has 0 spiro atoms. The normalized spacial score (nSPS) is 20.1. The number of hydrogen-bond donors (Lipinski definition) is 0. The highest BCUT2D eigenvalue weighted by Crippen LogP contribution is 2.28. The quantitative estimate of drug-likeness (QED) is 0.117. The minimum atomic E-state index is -0.518. The molecule has 0 N–H and O–H groups in total. The molecule has 8 heteroatoms. The zero-order valence-corrected chi connectivity index (χ0v) is 23.6. The Labute approximate surface area is 227 Å². The highest BCUT2D eigenvalue weighted by molar-refractivity contribution is 5.94. The van der Waals surface area contributed by atoms with Crippen molar-refractivity contribution in [3.63, 3.8) is 0 Å². The monoisotopic (exact) mass is 534 g/mol. The molecule has 0 radical (unpaired) electrons. The maximum Gasteiger partial charge on any atom is 0.342 e. The summed E-state index contributed by atoms with van der Waals surface area (Å²) in [4.78, 5) is 25.8. The van der Waals surface area contributed by atoms with Crippen LogP contribution >= 0.6 is 0 Å². The van der Waals surface area contributed by atoms with Crippen molar-refractivity contribution in [1.29, 1.82) is 0 Å². The SMILES string of the molecule is CCCCCCCC(=O)OCC[C@@H]1C[C@H](OCOC)[C@H](C)CC=CCc2cccc(OCOC)c2C(=O)O1. The predicted molar refractivity (Wildman–Crippen MR) is 145 cm³/mol. The Balaban J connectivity index is 2.16. The molecule has 214 valence electrons. The highest BCUT2D eigenvalue weighted by Gasteiger charge is 2.28. The minimum absolute atomic E-state index is 0.0157. The van der Waals surface area contributed by atoms with Crippen LogP contribution in [0.5, 0.6) is 5.75 Å². The average molecular weight is 535 g/mol. The predicted octanol–water partition coefficient (Wildman–Crippen LogP) is 6.01. The van der Waals surface area contributed by atoms with Crippen molar-refractivity contribution in [1.82, 2.24) is 0 Å². The Morgan fingerprint density at radius 1 is 1.05 bits per heavy atom. The molecule has 2 rings (SSSR count). The van der Waals surface area contributed by atoms with Gasteiger partial charge in [0.15, 0.2) is 6.79 Å². The van der Waals surface area contributed by atoms with Crippen LogP contribution in [-0.4, -0.2) is 58.6 Å². The third kappa shape index (κ3) is 11.5. The highest BCUT2D eigenvalue weighted by atomic mass is 16.7. The number of fused-ring (bicyclic) bond motifs is 1. The number of carbonyl (C=O) groups is 2. The van der Waals surface area contributed by atoms with Crippen LogP contribution in [0, 0.1) is 5.92 Å². The van der Waals surface area contributed by atoms with Crippen LogP contribution in [0.25, 0.3) is 0 Å². The molecule has 0 bridgehead atoms. The van der Waals surface area contributed by atoms with Gasteiger partial charge in [-0.25, -0.2) is 4.79 Å². The van der Waals surface area contributed by atoms with Crippen LogP contribution in [0.4, 0.5) is 0 Å². The topological polar surface area (TPSA) is 89.5 Å². The van der Waals surface area contributed by atoms with E-state index in [0.717, 1.165) is 31.2 Å². The second-order valence-electron chi connectivity index (χ2n) is 9.78. The first kappa shape index (κ1) is 31.8. The molecule has 1 aliphatic heterocycles. The lowest BCUT2D eigenvalue weighted by Gasteiger charge is -2.28. The zero-order chi connectivity index (χ0) is 27.6. The number of unbranched alkanes of at least 4 members (excludes halogenated alkanes) is 4. The second-order valence-corrected chi connectivity index (χ2v) is 9.78. The van der Waals surface area contributed by atoms with Gasteiger partial charge in [0.1, 0.15) is 24.2 Å². The molecule has 1 aromatic rings. The fourth-order valence-electron chi connectivity index (χ4n) is 4.46. The molecule has 0 saturated carbocycles. The van der Waals surface area contributed by atoms with Gasteiger partial charge in [0.2, 0.25) is 0 Å². The standard InChI is InChI=1S/C30H46O8/c1-5-6-7-8-9-17-28(31)35-19-18-25-20-27(37-22-34-4)23(2)13-10-11-14-24-15-12-16-26(36-21-33-3)29(24)30(32)38-25/h10-12,15-16,23,25,27H,5-9,13-14,17-22H2,1-4H3/t23-,25-,27+/m1/s1. The molecular formula is C30H46O8. The van der Waals surface area contributed by atoms with E-state index in [0.29, 0.717) is 37.0 Å². The Morgan fingerprint density at radius 2 is 1.84 bits per heavy atom. The van der Waals surface area contributed by atoms with Crippen LogP contribution in [0.3, 0.4) is 0 Å². The van der Waals surface area contributed by atoms with Gasteiger partial charge in [-0.1, -0.05) is 63.8 Å². The van der Waals surface area contributed by atoms with Crippen LogP contribution in [0.1, 0.15) is 87.6 Å². The number of hydrogen-bond acceptors (Lipinski definition) is 8. The van der Waals surface area contributed by atoms with Crippen LogP contribution in [0.2, 0.25) is 0 Å². The summed E-state index contributed by atoms with van der Waals surface area (Å²) in [5.41, 5.74) is 1.19. The van der Waals surface area contributed by atoms with E-state index in [1.807, 2.05) is 12.1 Å². The van der Waals surface area contributed by atoms with Gasteiger partial charge in [-0.2, -0.15) is 0 Å². The minimum Gasteiger partial charge on any atom is -0.467 e. The van der Waals surface area contributed by atoms with E-state index in [2.05, 4.69) is 26.0 Å². The van der Waals surface area contributed by atoms with Crippen molar-refractivity contribution in [2.45, 2.75) is 90.3 Å². The Kier molecular flexibility index (Phi) is 15.7. The number of rotatable bonds is 15. The van der Waals surface area contributed by atoms with Crippen molar-refractivity contribution in [2.24, 2.45) is 5.92 Å². The van der Waals surface area contributed by atoms with Gasteiger partial charge in [-0.15, -0.1) is 0 Å². The van der Waals surface area contributed by atoms with Crippen molar-refractivity contribution in [3.8, 4) is 5.75 Å². The summed E-state index contributed by atoms with van der Waals surface area (Å²) in [6, 6.07) is 5.49. The van der Waals surface area contributed by atoms with E-state index in [4.69, 9.17) is 28.4 Å². The van der Waals surface area contributed by atoms with Gasteiger partial charge >= 0.3 is 11.9 Å². The van der Waals surface area contributed by atoms with Crippen molar-refractivity contribution < 1.29 is 38.0 Å². The van der Waals surface area contributed by atoms with Crippen molar-refractivity contribution in [3.05, 3.63) is 41.5 Å². The average Bonchev–Trinajstić information content (AvgIpc) is 2.91.